The molecule has 3 N–H and O–H groups in total. The largest absolute Gasteiger partial charge is 0.355 e. The van der Waals surface area contributed by atoms with Crippen LogP contribution in [-0.2, 0) is 9.59 Å². The summed E-state index contributed by atoms with van der Waals surface area (Å²) >= 11 is 0. The predicted octanol–water partition coefficient (Wildman–Crippen LogP) is -0.687. The number of nitrogens with one attached hydrogen (secondary N) is 3. The van der Waals surface area contributed by atoms with E-state index in [2.05, 4.69) is 22.9 Å². The molecule has 6 nitrogen and oxygen atoms in total. The number of amides is 2. The minimum atomic E-state index is -0.245. The third-order valence-corrected chi connectivity index (χ3v) is 3.21. The lowest BCUT2D eigenvalue weighted by molar-refractivity contribution is -0.129. The second-order valence-corrected chi connectivity index (χ2v) is 4.79. The van der Waals surface area contributed by atoms with E-state index in [1.807, 2.05) is 11.8 Å². The zero-order chi connectivity index (χ0) is 14.1. The van der Waals surface area contributed by atoms with Crippen LogP contribution in [0.2, 0.25) is 0 Å². The second kappa shape index (κ2) is 8.87. The van der Waals surface area contributed by atoms with Crippen LogP contribution in [0.3, 0.4) is 0 Å². The third kappa shape index (κ3) is 5.57. The van der Waals surface area contributed by atoms with Crippen molar-refractivity contribution >= 4 is 11.8 Å². The van der Waals surface area contributed by atoms with Gasteiger partial charge in [-0.3, -0.25) is 14.5 Å². The highest BCUT2D eigenvalue weighted by Gasteiger charge is 2.29. The Balaban J connectivity index is 2.43. The van der Waals surface area contributed by atoms with Crippen LogP contribution in [0.25, 0.3) is 0 Å². The average molecular weight is 270 g/mol. The molecule has 19 heavy (non-hydrogen) atoms. The second-order valence-electron chi connectivity index (χ2n) is 4.79. The fraction of sp³-hybridized carbons (Fsp3) is 0.846. The fourth-order valence-corrected chi connectivity index (χ4v) is 2.13. The molecule has 0 aliphatic carbocycles. The highest BCUT2D eigenvalue weighted by atomic mass is 16.2. The zero-order valence-corrected chi connectivity index (χ0v) is 12.0. The molecule has 1 atom stereocenters. The van der Waals surface area contributed by atoms with Gasteiger partial charge in [0.25, 0.3) is 0 Å². The molecule has 6 heteroatoms. The Morgan fingerprint density at radius 3 is 2.79 bits per heavy atom. The predicted molar refractivity (Wildman–Crippen MR) is 74.8 cm³/mol. The molecule has 0 saturated carbocycles. The van der Waals surface area contributed by atoms with Gasteiger partial charge in [-0.25, -0.2) is 0 Å². The van der Waals surface area contributed by atoms with Crippen LogP contribution in [0.1, 0.15) is 26.7 Å². The Morgan fingerprint density at radius 2 is 2.11 bits per heavy atom. The molecular formula is C13H26N4O2. The van der Waals surface area contributed by atoms with Crippen LogP contribution in [0.15, 0.2) is 0 Å². The zero-order valence-electron chi connectivity index (χ0n) is 12.0. The molecule has 0 spiro atoms. The van der Waals surface area contributed by atoms with Crippen molar-refractivity contribution in [1.29, 1.82) is 0 Å². The summed E-state index contributed by atoms with van der Waals surface area (Å²) in [5.74, 6) is 0.000654. The highest BCUT2D eigenvalue weighted by molar-refractivity contribution is 5.84. The molecule has 1 saturated heterocycles. The lowest BCUT2D eigenvalue weighted by atomic mass is 10.1. The molecule has 1 unspecified atom stereocenters. The van der Waals surface area contributed by atoms with Crippen molar-refractivity contribution in [1.82, 2.24) is 20.9 Å². The van der Waals surface area contributed by atoms with Crippen LogP contribution in [0.5, 0.6) is 0 Å². The first-order valence-corrected chi connectivity index (χ1v) is 7.18. The molecule has 1 aliphatic rings. The molecule has 0 radical (unpaired) electrons. The highest BCUT2D eigenvalue weighted by Crippen LogP contribution is 2.03. The standard InChI is InChI=1S/C13H26N4O2/c1-3-5-6-16-12(18)10-17-8-7-14-9-11(17)13(19)15-4-2/h11,14H,3-10H2,1-2H3,(H,15,19)(H,16,18). The van der Waals surface area contributed by atoms with Gasteiger partial charge in [0.1, 0.15) is 6.04 Å². The first-order valence-electron chi connectivity index (χ1n) is 7.18. The molecule has 0 bridgehead atoms. The lowest BCUT2D eigenvalue weighted by Crippen LogP contribution is -2.59. The Labute approximate surface area is 115 Å². The van der Waals surface area contributed by atoms with Gasteiger partial charge < -0.3 is 16.0 Å². The Hall–Kier alpha value is -1.14. The van der Waals surface area contributed by atoms with Crippen molar-refractivity contribution in [3.05, 3.63) is 0 Å². The van der Waals surface area contributed by atoms with Crippen LogP contribution in [-0.4, -0.2) is 62.0 Å². The van der Waals surface area contributed by atoms with E-state index < -0.39 is 0 Å². The van der Waals surface area contributed by atoms with E-state index in [9.17, 15) is 9.59 Å². The number of nitrogens with zero attached hydrogens (tertiary/aromatic N) is 1. The van der Waals surface area contributed by atoms with E-state index in [0.29, 0.717) is 26.2 Å². The van der Waals surface area contributed by atoms with Crippen molar-refractivity contribution in [3.63, 3.8) is 0 Å². The molecule has 1 rings (SSSR count). The van der Waals surface area contributed by atoms with E-state index in [0.717, 1.165) is 25.9 Å². The third-order valence-electron chi connectivity index (χ3n) is 3.21. The SMILES string of the molecule is CCCCNC(=O)CN1CCNCC1C(=O)NCC. The van der Waals surface area contributed by atoms with E-state index in [1.165, 1.54) is 0 Å². The van der Waals surface area contributed by atoms with Crippen molar-refractivity contribution < 1.29 is 9.59 Å². The molecular weight excluding hydrogens is 244 g/mol. The molecule has 1 fully saturated rings. The van der Waals surface area contributed by atoms with E-state index in [4.69, 9.17) is 0 Å². The summed E-state index contributed by atoms with van der Waals surface area (Å²) in [6.45, 7) is 7.77. The van der Waals surface area contributed by atoms with Gasteiger partial charge in [-0.15, -0.1) is 0 Å². The molecule has 1 heterocycles. The van der Waals surface area contributed by atoms with Crippen LogP contribution < -0.4 is 16.0 Å². The molecule has 0 aromatic rings. The summed E-state index contributed by atoms with van der Waals surface area (Å²) in [7, 11) is 0. The van der Waals surface area contributed by atoms with Gasteiger partial charge in [0.05, 0.1) is 6.54 Å². The number of carbonyl (C=O) groups is 2. The van der Waals surface area contributed by atoms with E-state index in [1.54, 1.807) is 0 Å². The molecule has 2 amide bonds. The maximum Gasteiger partial charge on any atom is 0.238 e. The van der Waals surface area contributed by atoms with Gasteiger partial charge in [0, 0.05) is 32.7 Å². The van der Waals surface area contributed by atoms with E-state index >= 15 is 0 Å². The Morgan fingerprint density at radius 1 is 1.32 bits per heavy atom. The summed E-state index contributed by atoms with van der Waals surface area (Å²) in [5, 5.41) is 8.90. The fourth-order valence-electron chi connectivity index (χ4n) is 2.13. The average Bonchev–Trinajstić information content (AvgIpc) is 2.40. The molecule has 0 aromatic heterocycles. The van der Waals surface area contributed by atoms with E-state index in [-0.39, 0.29) is 17.9 Å². The Bertz CT molecular complexity index is 296. The van der Waals surface area contributed by atoms with Gasteiger partial charge >= 0.3 is 0 Å². The van der Waals surface area contributed by atoms with Crippen molar-refractivity contribution in [2.45, 2.75) is 32.7 Å². The van der Waals surface area contributed by atoms with Gasteiger partial charge in [-0.1, -0.05) is 13.3 Å². The number of rotatable bonds is 7. The molecule has 0 aromatic carbocycles. The summed E-state index contributed by atoms with van der Waals surface area (Å²) < 4.78 is 0. The minimum Gasteiger partial charge on any atom is -0.355 e. The maximum atomic E-state index is 11.9. The number of piperazine rings is 1. The van der Waals surface area contributed by atoms with Gasteiger partial charge in [-0.05, 0) is 13.3 Å². The summed E-state index contributed by atoms with van der Waals surface area (Å²) in [4.78, 5) is 25.7. The van der Waals surface area contributed by atoms with Gasteiger partial charge in [0.2, 0.25) is 11.8 Å². The summed E-state index contributed by atoms with van der Waals surface area (Å²) in [5.41, 5.74) is 0. The smallest absolute Gasteiger partial charge is 0.238 e. The van der Waals surface area contributed by atoms with Crippen molar-refractivity contribution in [3.8, 4) is 0 Å². The Kier molecular flexibility index (Phi) is 7.43. The van der Waals surface area contributed by atoms with Crippen LogP contribution in [0, 0.1) is 0 Å². The van der Waals surface area contributed by atoms with Crippen molar-refractivity contribution in [2.75, 3.05) is 39.3 Å². The number of hydrogen-bond acceptors (Lipinski definition) is 4. The number of hydrogen-bond donors (Lipinski definition) is 3. The van der Waals surface area contributed by atoms with Crippen LogP contribution >= 0.6 is 0 Å². The minimum absolute atomic E-state index is 0.00365. The normalized spacial score (nSPS) is 20.0. The summed E-state index contributed by atoms with van der Waals surface area (Å²) in [6, 6.07) is -0.245. The number of likely N-dealkylation sites (N-methyl/N-ethyl adjacent to an activating group) is 1. The van der Waals surface area contributed by atoms with Gasteiger partial charge in [0.15, 0.2) is 0 Å². The van der Waals surface area contributed by atoms with Gasteiger partial charge in [-0.2, -0.15) is 0 Å². The first kappa shape index (κ1) is 15.9. The monoisotopic (exact) mass is 270 g/mol. The quantitative estimate of drug-likeness (QED) is 0.536. The lowest BCUT2D eigenvalue weighted by Gasteiger charge is -2.34. The maximum absolute atomic E-state index is 11.9. The molecule has 110 valence electrons. The number of carbonyl (C=O) groups excluding carboxylic acids is 2. The van der Waals surface area contributed by atoms with Crippen molar-refractivity contribution in [2.24, 2.45) is 0 Å². The first-order chi connectivity index (χ1) is 9.19. The van der Waals surface area contributed by atoms with Crippen LogP contribution in [0.4, 0.5) is 0 Å². The number of unbranched alkanes of at least 4 members (excludes halogenated alkanes) is 1. The molecule has 1 aliphatic heterocycles. The topological polar surface area (TPSA) is 73.5 Å². The summed E-state index contributed by atoms with van der Waals surface area (Å²) in [6.07, 6.45) is 2.06.